The van der Waals surface area contributed by atoms with Crippen molar-refractivity contribution in [3.05, 3.63) is 11.9 Å². The van der Waals surface area contributed by atoms with Gasteiger partial charge in [-0.1, -0.05) is 5.21 Å². The zero-order valence-electron chi connectivity index (χ0n) is 9.61. The summed E-state index contributed by atoms with van der Waals surface area (Å²) < 4.78 is 1.47. The number of rotatable bonds is 4. The van der Waals surface area contributed by atoms with Crippen LogP contribution < -0.4 is 11.1 Å². The van der Waals surface area contributed by atoms with E-state index in [1.807, 2.05) is 0 Å². The number of nitrogens with zero attached hydrogens (tertiary/aromatic N) is 4. The van der Waals surface area contributed by atoms with Crippen molar-refractivity contribution in [1.82, 2.24) is 25.2 Å². The van der Waals surface area contributed by atoms with E-state index < -0.39 is 5.97 Å². The Kier molecular flexibility index (Phi) is 3.42. The van der Waals surface area contributed by atoms with Crippen LogP contribution >= 0.6 is 0 Å². The van der Waals surface area contributed by atoms with Gasteiger partial charge in [-0.3, -0.25) is 0 Å². The predicted molar refractivity (Wildman–Crippen MR) is 60.0 cm³/mol. The Morgan fingerprint density at radius 3 is 2.83 bits per heavy atom. The van der Waals surface area contributed by atoms with Crippen molar-refractivity contribution in [2.24, 2.45) is 5.73 Å². The molecule has 1 saturated heterocycles. The number of urea groups is 1. The largest absolute Gasteiger partial charge is 0.476 e. The van der Waals surface area contributed by atoms with Crippen LogP contribution in [0.3, 0.4) is 0 Å². The lowest BCUT2D eigenvalue weighted by atomic mass is 10.1. The normalized spacial score (nSPS) is 15.3. The Morgan fingerprint density at radius 2 is 2.28 bits per heavy atom. The predicted octanol–water partition coefficient (Wildman–Crippen LogP) is -1.50. The van der Waals surface area contributed by atoms with Crippen LogP contribution in [-0.2, 0) is 0 Å². The number of nitrogens with two attached hydrogens (primary N) is 1. The van der Waals surface area contributed by atoms with Crippen LogP contribution in [0.15, 0.2) is 6.20 Å². The lowest BCUT2D eigenvalue weighted by molar-refractivity contribution is 0.0690. The molecule has 1 fully saturated rings. The molecule has 0 spiro atoms. The lowest BCUT2D eigenvalue weighted by Crippen LogP contribution is -2.54. The quantitative estimate of drug-likeness (QED) is 0.600. The number of carbonyl (C=O) groups excluding carboxylic acids is 1. The number of carboxylic acid groups (broad SMARTS) is 1. The number of amides is 2. The first-order valence-corrected chi connectivity index (χ1v) is 5.49. The van der Waals surface area contributed by atoms with Crippen LogP contribution in [0.5, 0.6) is 0 Å². The third-order valence-corrected chi connectivity index (χ3v) is 2.67. The summed E-state index contributed by atoms with van der Waals surface area (Å²) in [5.41, 5.74) is 5.18. The van der Waals surface area contributed by atoms with Crippen LogP contribution in [0.4, 0.5) is 4.79 Å². The smallest absolute Gasteiger partial charge is 0.358 e. The third kappa shape index (κ3) is 2.40. The fraction of sp³-hybridized carbons (Fsp3) is 0.556. The van der Waals surface area contributed by atoms with Gasteiger partial charge in [-0.2, -0.15) is 0 Å². The van der Waals surface area contributed by atoms with Crippen LogP contribution in [0.1, 0.15) is 16.5 Å². The van der Waals surface area contributed by atoms with Gasteiger partial charge in [0.25, 0.3) is 0 Å². The van der Waals surface area contributed by atoms with Crippen molar-refractivity contribution >= 4 is 12.0 Å². The summed E-state index contributed by atoms with van der Waals surface area (Å²) in [5, 5.41) is 18.6. The van der Waals surface area contributed by atoms with Crippen LogP contribution in [-0.4, -0.2) is 63.2 Å². The monoisotopic (exact) mass is 254 g/mol. The standard InChI is InChI=1S/C9H14N6O3/c10-1-2-11-9(18)14-3-6(4-14)15-5-7(8(16)17)12-13-15/h5-6H,1-4,10H2,(H,11,18)(H,16,17). The van der Waals surface area contributed by atoms with E-state index in [0.717, 1.165) is 0 Å². The van der Waals surface area contributed by atoms with Gasteiger partial charge in [-0.15, -0.1) is 5.10 Å². The number of aromatic nitrogens is 3. The molecule has 98 valence electrons. The summed E-state index contributed by atoms with van der Waals surface area (Å²) >= 11 is 0. The molecule has 4 N–H and O–H groups in total. The van der Waals surface area contributed by atoms with Crippen molar-refractivity contribution in [1.29, 1.82) is 0 Å². The second kappa shape index (κ2) is 5.00. The summed E-state index contributed by atoms with van der Waals surface area (Å²) in [4.78, 5) is 23.7. The number of carbonyl (C=O) groups is 2. The van der Waals surface area contributed by atoms with Crippen molar-refractivity contribution < 1.29 is 14.7 Å². The Balaban J connectivity index is 1.84. The van der Waals surface area contributed by atoms with Crippen molar-refractivity contribution in [3.8, 4) is 0 Å². The van der Waals surface area contributed by atoms with Gasteiger partial charge in [0.1, 0.15) is 0 Å². The second-order valence-electron chi connectivity index (χ2n) is 3.97. The number of likely N-dealkylation sites (tertiary alicyclic amines) is 1. The van der Waals surface area contributed by atoms with E-state index in [1.54, 1.807) is 4.90 Å². The maximum atomic E-state index is 11.5. The van der Waals surface area contributed by atoms with Gasteiger partial charge in [0.15, 0.2) is 5.69 Å². The summed E-state index contributed by atoms with van der Waals surface area (Å²) in [6.45, 7) is 1.80. The molecule has 0 aromatic carbocycles. The van der Waals surface area contributed by atoms with Crippen LogP contribution in [0.2, 0.25) is 0 Å². The molecule has 0 unspecified atom stereocenters. The Bertz CT molecular complexity index is 453. The maximum absolute atomic E-state index is 11.5. The molecule has 1 aromatic rings. The number of hydrogen-bond donors (Lipinski definition) is 3. The van der Waals surface area contributed by atoms with Gasteiger partial charge in [0.05, 0.1) is 12.2 Å². The zero-order valence-corrected chi connectivity index (χ0v) is 9.61. The van der Waals surface area contributed by atoms with E-state index in [4.69, 9.17) is 10.8 Å². The van der Waals surface area contributed by atoms with Crippen molar-refractivity contribution in [3.63, 3.8) is 0 Å². The maximum Gasteiger partial charge on any atom is 0.358 e. The molecule has 0 atom stereocenters. The molecule has 1 aliphatic heterocycles. The SMILES string of the molecule is NCCNC(=O)N1CC(n2cc(C(=O)O)nn2)C1. The van der Waals surface area contributed by atoms with Crippen molar-refractivity contribution in [2.45, 2.75) is 6.04 Å². The highest BCUT2D eigenvalue weighted by molar-refractivity contribution is 5.84. The Hall–Kier alpha value is -2.16. The highest BCUT2D eigenvalue weighted by atomic mass is 16.4. The van der Waals surface area contributed by atoms with Gasteiger partial charge < -0.3 is 21.1 Å². The minimum atomic E-state index is -1.11. The minimum absolute atomic E-state index is 0.0192. The molecule has 2 heterocycles. The molecule has 0 saturated carbocycles. The van der Waals surface area contributed by atoms with Gasteiger partial charge in [0, 0.05) is 26.2 Å². The van der Waals surface area contributed by atoms with E-state index in [2.05, 4.69) is 15.6 Å². The molecular formula is C9H14N6O3. The zero-order chi connectivity index (χ0) is 13.1. The van der Waals surface area contributed by atoms with E-state index in [1.165, 1.54) is 10.9 Å². The molecule has 2 amide bonds. The van der Waals surface area contributed by atoms with Gasteiger partial charge in [0.2, 0.25) is 0 Å². The number of nitrogens with one attached hydrogen (secondary N) is 1. The van der Waals surface area contributed by atoms with Crippen LogP contribution in [0, 0.1) is 0 Å². The van der Waals surface area contributed by atoms with Crippen LogP contribution in [0.25, 0.3) is 0 Å². The summed E-state index contributed by atoms with van der Waals surface area (Å²) in [6.07, 6.45) is 1.36. The van der Waals surface area contributed by atoms with Gasteiger partial charge >= 0.3 is 12.0 Å². The first kappa shape index (κ1) is 12.3. The molecule has 0 radical (unpaired) electrons. The molecule has 0 aliphatic carbocycles. The molecule has 0 bridgehead atoms. The fourth-order valence-electron chi connectivity index (χ4n) is 1.63. The third-order valence-electron chi connectivity index (χ3n) is 2.67. The Labute approximate surface area is 103 Å². The van der Waals surface area contributed by atoms with Crippen molar-refractivity contribution in [2.75, 3.05) is 26.2 Å². The summed E-state index contributed by atoms with van der Waals surface area (Å²) in [7, 11) is 0. The highest BCUT2D eigenvalue weighted by Crippen LogP contribution is 2.19. The average Bonchev–Trinajstić information content (AvgIpc) is 2.73. The Morgan fingerprint density at radius 1 is 1.56 bits per heavy atom. The number of carboxylic acids is 1. The molecule has 1 aromatic heterocycles. The molecule has 18 heavy (non-hydrogen) atoms. The van der Waals surface area contributed by atoms with E-state index in [0.29, 0.717) is 26.2 Å². The minimum Gasteiger partial charge on any atom is -0.476 e. The van der Waals surface area contributed by atoms with Gasteiger partial charge in [-0.05, 0) is 0 Å². The molecule has 9 heteroatoms. The molecule has 2 rings (SSSR count). The van der Waals surface area contributed by atoms with E-state index in [9.17, 15) is 9.59 Å². The van der Waals surface area contributed by atoms with Gasteiger partial charge in [-0.25, -0.2) is 14.3 Å². The lowest BCUT2D eigenvalue weighted by Gasteiger charge is -2.38. The summed E-state index contributed by atoms with van der Waals surface area (Å²) in [5.74, 6) is -1.11. The molecule has 9 nitrogen and oxygen atoms in total. The average molecular weight is 254 g/mol. The summed E-state index contributed by atoms with van der Waals surface area (Å²) in [6, 6.07) is -0.190. The number of hydrogen-bond acceptors (Lipinski definition) is 5. The molecular weight excluding hydrogens is 240 g/mol. The first-order valence-electron chi connectivity index (χ1n) is 5.49. The van der Waals surface area contributed by atoms with E-state index >= 15 is 0 Å². The number of aromatic carboxylic acids is 1. The highest BCUT2D eigenvalue weighted by Gasteiger charge is 2.32. The molecule has 1 aliphatic rings. The first-order chi connectivity index (χ1) is 8.61. The topological polar surface area (TPSA) is 126 Å². The second-order valence-corrected chi connectivity index (χ2v) is 3.97. The fourth-order valence-corrected chi connectivity index (χ4v) is 1.63. The van der Waals surface area contributed by atoms with E-state index in [-0.39, 0.29) is 17.8 Å².